The van der Waals surface area contributed by atoms with Crippen LogP contribution in [0.4, 0.5) is 5.69 Å². The zero-order chi connectivity index (χ0) is 21.1. The second kappa shape index (κ2) is 8.87. The van der Waals surface area contributed by atoms with Gasteiger partial charge in [-0.05, 0) is 66.0 Å². The number of hydrogen-bond acceptors (Lipinski definition) is 5. The van der Waals surface area contributed by atoms with Gasteiger partial charge in [-0.1, -0.05) is 23.7 Å². The topological polar surface area (TPSA) is 82.5 Å². The van der Waals surface area contributed by atoms with Crippen molar-refractivity contribution in [3.63, 3.8) is 0 Å². The maximum atomic E-state index is 13.1. The Morgan fingerprint density at radius 2 is 2.00 bits per heavy atom. The molecule has 8 heteroatoms. The standard InChI is InChI=1S/C22H18ClN3O3S/c23-16-7-4-15-13-26(30-18-8-5-14(6-9-18)22(28)29)20(21(27)25-19(15)11-16)12-17-3-1-2-10-24-17/h1-11,20H,12-13H2,(H,25,27)(H,28,29). The highest BCUT2D eigenvalue weighted by molar-refractivity contribution is 7.97. The number of amides is 1. The lowest BCUT2D eigenvalue weighted by Crippen LogP contribution is -2.39. The van der Waals surface area contributed by atoms with Crippen molar-refractivity contribution >= 4 is 41.1 Å². The second-order valence-electron chi connectivity index (χ2n) is 6.83. The van der Waals surface area contributed by atoms with Crippen molar-refractivity contribution < 1.29 is 14.7 Å². The molecule has 0 radical (unpaired) electrons. The average molecular weight is 440 g/mol. The lowest BCUT2D eigenvalue weighted by atomic mass is 10.1. The molecule has 2 heterocycles. The van der Waals surface area contributed by atoms with E-state index in [0.717, 1.165) is 16.2 Å². The normalized spacial score (nSPS) is 16.4. The first-order chi connectivity index (χ1) is 14.5. The van der Waals surface area contributed by atoms with E-state index in [1.807, 2.05) is 28.6 Å². The van der Waals surface area contributed by atoms with Crippen LogP contribution < -0.4 is 5.32 Å². The van der Waals surface area contributed by atoms with Crippen molar-refractivity contribution in [2.45, 2.75) is 23.9 Å². The Balaban J connectivity index is 1.66. The van der Waals surface area contributed by atoms with Gasteiger partial charge < -0.3 is 10.4 Å². The van der Waals surface area contributed by atoms with Crippen LogP contribution in [-0.2, 0) is 17.8 Å². The number of carbonyl (C=O) groups is 2. The van der Waals surface area contributed by atoms with E-state index in [2.05, 4.69) is 10.3 Å². The van der Waals surface area contributed by atoms with Crippen LogP contribution in [0.5, 0.6) is 0 Å². The van der Waals surface area contributed by atoms with Gasteiger partial charge in [0, 0.05) is 40.5 Å². The summed E-state index contributed by atoms with van der Waals surface area (Å²) in [6, 6.07) is 17.2. The molecule has 2 aromatic carbocycles. The Morgan fingerprint density at radius 3 is 2.70 bits per heavy atom. The number of carbonyl (C=O) groups excluding carboxylic acids is 1. The van der Waals surface area contributed by atoms with E-state index in [9.17, 15) is 9.59 Å². The second-order valence-corrected chi connectivity index (χ2v) is 8.39. The third-order valence-electron chi connectivity index (χ3n) is 4.76. The van der Waals surface area contributed by atoms with Crippen LogP contribution in [0.25, 0.3) is 0 Å². The smallest absolute Gasteiger partial charge is 0.335 e. The van der Waals surface area contributed by atoms with E-state index in [1.165, 1.54) is 11.9 Å². The highest BCUT2D eigenvalue weighted by atomic mass is 35.5. The van der Waals surface area contributed by atoms with E-state index in [4.69, 9.17) is 16.7 Å². The summed E-state index contributed by atoms with van der Waals surface area (Å²) in [5, 5.41) is 12.7. The van der Waals surface area contributed by atoms with Crippen molar-refractivity contribution in [3.8, 4) is 0 Å². The molecule has 0 aliphatic carbocycles. The number of aromatic nitrogens is 1. The Labute approximate surface area is 183 Å². The van der Waals surface area contributed by atoms with Crippen LogP contribution in [-0.4, -0.2) is 32.3 Å². The minimum absolute atomic E-state index is 0.142. The number of aromatic carboxylic acids is 1. The van der Waals surface area contributed by atoms with Gasteiger partial charge in [0.1, 0.15) is 6.04 Å². The van der Waals surface area contributed by atoms with Gasteiger partial charge in [-0.3, -0.25) is 9.78 Å². The number of carboxylic acids is 1. The SMILES string of the molecule is O=C(O)c1ccc(SN2Cc3ccc(Cl)cc3NC(=O)C2Cc2ccccn2)cc1. The first kappa shape index (κ1) is 20.4. The lowest BCUT2D eigenvalue weighted by molar-refractivity contribution is -0.119. The van der Waals surface area contributed by atoms with Crippen LogP contribution in [0.2, 0.25) is 5.02 Å². The van der Waals surface area contributed by atoms with Gasteiger partial charge in [0.15, 0.2) is 0 Å². The Morgan fingerprint density at radius 1 is 1.20 bits per heavy atom. The molecule has 0 bridgehead atoms. The summed E-state index contributed by atoms with van der Waals surface area (Å²) < 4.78 is 2.00. The Hall–Kier alpha value is -2.87. The molecule has 152 valence electrons. The molecule has 2 N–H and O–H groups in total. The molecular formula is C22H18ClN3O3S. The number of pyridine rings is 1. The number of nitrogens with zero attached hydrogens (tertiary/aromatic N) is 2. The summed E-state index contributed by atoms with van der Waals surface area (Å²) in [7, 11) is 0. The van der Waals surface area contributed by atoms with Crippen molar-refractivity contribution in [2.24, 2.45) is 0 Å². The van der Waals surface area contributed by atoms with Gasteiger partial charge >= 0.3 is 5.97 Å². The van der Waals surface area contributed by atoms with Gasteiger partial charge in [0.25, 0.3) is 0 Å². The number of rotatable bonds is 5. The minimum Gasteiger partial charge on any atom is -0.478 e. The fraction of sp³-hybridized carbons (Fsp3) is 0.136. The molecular weight excluding hydrogens is 422 g/mol. The maximum Gasteiger partial charge on any atom is 0.335 e. The molecule has 0 fully saturated rings. The van der Waals surface area contributed by atoms with E-state index >= 15 is 0 Å². The summed E-state index contributed by atoms with van der Waals surface area (Å²) in [5.74, 6) is -1.11. The van der Waals surface area contributed by atoms with Crippen LogP contribution in [0.3, 0.4) is 0 Å². The molecule has 1 amide bonds. The van der Waals surface area contributed by atoms with Crippen LogP contribution in [0, 0.1) is 0 Å². The molecule has 0 saturated heterocycles. The van der Waals surface area contributed by atoms with E-state index in [0.29, 0.717) is 23.7 Å². The van der Waals surface area contributed by atoms with Crippen molar-refractivity contribution in [3.05, 3.63) is 88.7 Å². The molecule has 1 unspecified atom stereocenters. The van der Waals surface area contributed by atoms with Gasteiger partial charge in [0.05, 0.1) is 5.56 Å². The lowest BCUT2D eigenvalue weighted by Gasteiger charge is -2.27. The third-order valence-corrected chi connectivity index (χ3v) is 6.09. The molecule has 1 atom stereocenters. The summed E-state index contributed by atoms with van der Waals surface area (Å²) in [6.07, 6.45) is 2.15. The summed E-state index contributed by atoms with van der Waals surface area (Å²) in [4.78, 5) is 29.5. The number of fused-ring (bicyclic) bond motifs is 1. The first-order valence-corrected chi connectivity index (χ1v) is 10.4. The third kappa shape index (κ3) is 4.64. The molecule has 6 nitrogen and oxygen atoms in total. The molecule has 3 aromatic rings. The minimum atomic E-state index is -0.973. The van der Waals surface area contributed by atoms with Crippen LogP contribution in [0.15, 0.2) is 71.8 Å². The maximum absolute atomic E-state index is 13.1. The zero-order valence-electron chi connectivity index (χ0n) is 15.8. The van der Waals surface area contributed by atoms with E-state index in [-0.39, 0.29) is 11.5 Å². The van der Waals surface area contributed by atoms with Crippen molar-refractivity contribution in [2.75, 3.05) is 5.32 Å². The summed E-state index contributed by atoms with van der Waals surface area (Å²) in [5.41, 5.74) is 2.68. The van der Waals surface area contributed by atoms with Gasteiger partial charge in [-0.25, -0.2) is 9.10 Å². The zero-order valence-corrected chi connectivity index (χ0v) is 17.4. The Bertz CT molecular complexity index is 1080. The molecule has 4 rings (SSSR count). The monoisotopic (exact) mass is 439 g/mol. The number of halogens is 1. The van der Waals surface area contributed by atoms with E-state index < -0.39 is 12.0 Å². The Kier molecular flexibility index (Phi) is 6.03. The molecule has 0 saturated carbocycles. The van der Waals surface area contributed by atoms with Crippen molar-refractivity contribution in [1.29, 1.82) is 0 Å². The van der Waals surface area contributed by atoms with Gasteiger partial charge in [-0.2, -0.15) is 0 Å². The fourth-order valence-corrected chi connectivity index (χ4v) is 4.43. The number of carboxylic acid groups (broad SMARTS) is 1. The average Bonchev–Trinajstić information content (AvgIpc) is 2.86. The molecule has 1 aromatic heterocycles. The van der Waals surface area contributed by atoms with E-state index in [1.54, 1.807) is 42.6 Å². The van der Waals surface area contributed by atoms with Gasteiger partial charge in [0.2, 0.25) is 5.91 Å². The molecule has 0 spiro atoms. The molecule has 1 aliphatic rings. The predicted molar refractivity (Wildman–Crippen MR) is 117 cm³/mol. The van der Waals surface area contributed by atoms with Gasteiger partial charge in [-0.15, -0.1) is 0 Å². The highest BCUT2D eigenvalue weighted by Gasteiger charge is 2.32. The highest BCUT2D eigenvalue weighted by Crippen LogP contribution is 2.34. The largest absolute Gasteiger partial charge is 0.478 e. The summed E-state index contributed by atoms with van der Waals surface area (Å²) in [6.45, 7) is 0.508. The predicted octanol–water partition coefficient (Wildman–Crippen LogP) is 4.51. The number of benzene rings is 2. The quantitative estimate of drug-likeness (QED) is 0.569. The summed E-state index contributed by atoms with van der Waals surface area (Å²) >= 11 is 7.54. The van der Waals surface area contributed by atoms with Crippen LogP contribution >= 0.6 is 23.5 Å². The molecule has 30 heavy (non-hydrogen) atoms. The molecule has 1 aliphatic heterocycles. The van der Waals surface area contributed by atoms with Crippen LogP contribution in [0.1, 0.15) is 21.6 Å². The number of hydrogen-bond donors (Lipinski definition) is 2. The number of anilines is 1. The number of nitrogens with one attached hydrogen (secondary N) is 1. The first-order valence-electron chi connectivity index (χ1n) is 9.27. The fourth-order valence-electron chi connectivity index (χ4n) is 3.23. The van der Waals surface area contributed by atoms with Crippen molar-refractivity contribution in [1.82, 2.24) is 9.29 Å².